The highest BCUT2D eigenvalue weighted by molar-refractivity contribution is 5.94. The zero-order chi connectivity index (χ0) is 18.6. The second kappa shape index (κ2) is 7.33. The molecule has 1 atom stereocenters. The van der Waals surface area contributed by atoms with Gasteiger partial charge in [-0.3, -0.25) is 4.79 Å². The van der Waals surface area contributed by atoms with Crippen LogP contribution in [-0.4, -0.2) is 17.4 Å². The van der Waals surface area contributed by atoms with Crippen molar-refractivity contribution < 1.29 is 9.52 Å². The summed E-state index contributed by atoms with van der Waals surface area (Å²) in [6.45, 7) is 0.455. The summed E-state index contributed by atoms with van der Waals surface area (Å²) in [5, 5.41) is 15.3. The lowest BCUT2D eigenvalue weighted by atomic mass is 9.91. The van der Waals surface area contributed by atoms with Crippen molar-refractivity contribution in [3.05, 3.63) is 107 Å². The third kappa shape index (κ3) is 3.53. The van der Waals surface area contributed by atoms with Gasteiger partial charge in [0.1, 0.15) is 0 Å². The van der Waals surface area contributed by atoms with Crippen LogP contribution in [0.3, 0.4) is 0 Å². The molecule has 0 saturated carbocycles. The van der Waals surface area contributed by atoms with Crippen molar-refractivity contribution in [2.45, 2.75) is 5.92 Å². The van der Waals surface area contributed by atoms with Crippen LogP contribution in [0.2, 0.25) is 0 Å². The van der Waals surface area contributed by atoms with Gasteiger partial charge in [-0.25, -0.2) is 0 Å². The molecule has 1 amide bonds. The van der Waals surface area contributed by atoms with Crippen molar-refractivity contribution in [2.24, 2.45) is 0 Å². The smallest absolute Gasteiger partial charge is 0.251 e. The van der Waals surface area contributed by atoms with E-state index in [1.807, 2.05) is 42.6 Å². The molecule has 0 saturated heterocycles. The van der Waals surface area contributed by atoms with Gasteiger partial charge in [-0.15, -0.1) is 0 Å². The first-order valence-corrected chi connectivity index (χ1v) is 8.80. The number of benzene rings is 2. The fraction of sp³-hybridized carbons (Fsp3) is 0.0909. The Bertz CT molecular complexity index is 1060. The summed E-state index contributed by atoms with van der Waals surface area (Å²) in [4.78, 5) is 15.8. The third-order valence-corrected chi connectivity index (χ3v) is 4.73. The van der Waals surface area contributed by atoms with E-state index in [1.165, 1.54) is 24.5 Å². The van der Waals surface area contributed by atoms with Gasteiger partial charge >= 0.3 is 0 Å². The van der Waals surface area contributed by atoms with Gasteiger partial charge in [-0.2, -0.15) is 4.73 Å². The predicted octanol–water partition coefficient (Wildman–Crippen LogP) is 3.36. The van der Waals surface area contributed by atoms with Gasteiger partial charge in [0.2, 0.25) is 0 Å². The number of aromatic nitrogens is 2. The minimum Gasteiger partial charge on any atom is -0.619 e. The highest BCUT2D eigenvalue weighted by Gasteiger charge is 2.19. The van der Waals surface area contributed by atoms with Crippen LogP contribution < -0.4 is 10.0 Å². The maximum atomic E-state index is 12.5. The molecule has 27 heavy (non-hydrogen) atoms. The summed E-state index contributed by atoms with van der Waals surface area (Å²) in [7, 11) is 0. The summed E-state index contributed by atoms with van der Waals surface area (Å²) >= 11 is 0. The van der Waals surface area contributed by atoms with Gasteiger partial charge < -0.3 is 15.5 Å². The summed E-state index contributed by atoms with van der Waals surface area (Å²) < 4.78 is 0.662. The molecular formula is C22H19N3O2. The Hall–Kier alpha value is -3.60. The molecule has 4 rings (SSSR count). The lowest BCUT2D eigenvalue weighted by Crippen LogP contribution is -2.30. The summed E-state index contributed by atoms with van der Waals surface area (Å²) in [6.07, 6.45) is 4.66. The Morgan fingerprint density at radius 1 is 1.00 bits per heavy atom. The van der Waals surface area contributed by atoms with Crippen LogP contribution in [0, 0.1) is 5.21 Å². The van der Waals surface area contributed by atoms with Crippen molar-refractivity contribution in [3.8, 4) is 0 Å². The number of rotatable bonds is 5. The van der Waals surface area contributed by atoms with E-state index < -0.39 is 0 Å². The normalized spacial score (nSPS) is 12.0. The number of pyridine rings is 1. The minimum absolute atomic E-state index is 0.0134. The standard InChI is InChI=1S/C22H19N3O2/c26-22(17-10-12-25(27)13-11-17)24-14-19(16-6-2-1-3-7-16)20-15-23-21-9-5-4-8-18(20)21/h1-13,15,19,23H,14H2,(H,24,26)/t19-/m1/s1. The van der Waals surface area contributed by atoms with E-state index in [-0.39, 0.29) is 11.8 Å². The number of fused-ring (bicyclic) bond motifs is 1. The molecule has 0 spiro atoms. The van der Waals surface area contributed by atoms with E-state index in [0.717, 1.165) is 22.0 Å². The Morgan fingerprint density at radius 2 is 1.70 bits per heavy atom. The fourth-order valence-electron chi connectivity index (χ4n) is 3.34. The van der Waals surface area contributed by atoms with Crippen LogP contribution in [0.15, 0.2) is 85.3 Å². The second-order valence-electron chi connectivity index (χ2n) is 6.41. The van der Waals surface area contributed by atoms with Crippen molar-refractivity contribution in [2.75, 3.05) is 6.54 Å². The number of hydrogen-bond acceptors (Lipinski definition) is 2. The number of hydrogen-bond donors (Lipinski definition) is 2. The Kier molecular flexibility index (Phi) is 4.58. The minimum atomic E-state index is -0.198. The first-order chi connectivity index (χ1) is 13.2. The number of amides is 1. The molecule has 0 bridgehead atoms. The van der Waals surface area contributed by atoms with Crippen molar-refractivity contribution in [1.29, 1.82) is 0 Å². The molecule has 0 aliphatic rings. The van der Waals surface area contributed by atoms with Crippen LogP contribution in [0.1, 0.15) is 27.4 Å². The summed E-state index contributed by atoms with van der Waals surface area (Å²) in [6, 6.07) is 21.3. The van der Waals surface area contributed by atoms with E-state index >= 15 is 0 Å². The molecule has 0 fully saturated rings. The number of H-pyrrole nitrogens is 1. The molecule has 0 unspecified atom stereocenters. The fourth-order valence-corrected chi connectivity index (χ4v) is 3.34. The van der Waals surface area contributed by atoms with Crippen LogP contribution in [0.4, 0.5) is 0 Å². The number of nitrogens with one attached hydrogen (secondary N) is 2. The van der Waals surface area contributed by atoms with Gasteiger partial charge in [-0.1, -0.05) is 48.5 Å². The predicted molar refractivity (Wildman–Crippen MR) is 104 cm³/mol. The molecule has 0 aliphatic carbocycles. The third-order valence-electron chi connectivity index (χ3n) is 4.73. The monoisotopic (exact) mass is 357 g/mol. The number of carbonyl (C=O) groups excluding carboxylic acids is 1. The summed E-state index contributed by atoms with van der Waals surface area (Å²) in [5.41, 5.74) is 3.81. The first-order valence-electron chi connectivity index (χ1n) is 8.80. The number of aromatic amines is 1. The van der Waals surface area contributed by atoms with Gasteiger partial charge in [-0.05, 0) is 17.2 Å². The largest absolute Gasteiger partial charge is 0.619 e. The van der Waals surface area contributed by atoms with Crippen LogP contribution in [0.5, 0.6) is 0 Å². The van der Waals surface area contributed by atoms with Crippen molar-refractivity contribution in [3.63, 3.8) is 0 Å². The Morgan fingerprint density at radius 3 is 2.48 bits per heavy atom. The van der Waals surface area contributed by atoms with Crippen LogP contribution >= 0.6 is 0 Å². The average molecular weight is 357 g/mol. The van der Waals surface area contributed by atoms with E-state index in [9.17, 15) is 10.0 Å². The molecule has 5 heteroatoms. The van der Waals surface area contributed by atoms with E-state index in [1.54, 1.807) is 0 Å². The van der Waals surface area contributed by atoms with E-state index in [2.05, 4.69) is 28.5 Å². The van der Waals surface area contributed by atoms with Gasteiger partial charge in [0.15, 0.2) is 12.4 Å². The maximum absolute atomic E-state index is 12.5. The molecule has 134 valence electrons. The number of nitrogens with zero attached hydrogens (tertiary/aromatic N) is 1. The highest BCUT2D eigenvalue weighted by atomic mass is 16.5. The van der Waals surface area contributed by atoms with Gasteiger partial charge in [0.25, 0.3) is 5.91 Å². The molecular weight excluding hydrogens is 338 g/mol. The molecule has 0 aliphatic heterocycles. The van der Waals surface area contributed by atoms with Crippen molar-refractivity contribution in [1.82, 2.24) is 10.3 Å². The summed E-state index contributed by atoms with van der Waals surface area (Å²) in [5.74, 6) is -0.184. The van der Waals surface area contributed by atoms with E-state index in [0.29, 0.717) is 16.8 Å². The lowest BCUT2D eigenvalue weighted by molar-refractivity contribution is -0.605. The highest BCUT2D eigenvalue weighted by Crippen LogP contribution is 2.30. The second-order valence-corrected chi connectivity index (χ2v) is 6.41. The number of carbonyl (C=O) groups is 1. The van der Waals surface area contributed by atoms with Crippen molar-refractivity contribution >= 4 is 16.8 Å². The molecule has 2 heterocycles. The van der Waals surface area contributed by atoms with Gasteiger partial charge in [0.05, 0.1) is 5.56 Å². The van der Waals surface area contributed by atoms with Crippen LogP contribution in [-0.2, 0) is 0 Å². The zero-order valence-corrected chi connectivity index (χ0v) is 14.6. The SMILES string of the molecule is O=C(NC[C@H](c1ccccc1)c1c[nH]c2ccccc12)c1cc[n+]([O-])cc1. The number of para-hydroxylation sites is 1. The zero-order valence-electron chi connectivity index (χ0n) is 14.6. The quantitative estimate of drug-likeness (QED) is 0.425. The van der Waals surface area contributed by atoms with Gasteiger partial charge in [0, 0.05) is 41.7 Å². The average Bonchev–Trinajstić information content (AvgIpc) is 3.13. The molecule has 2 aromatic heterocycles. The van der Waals surface area contributed by atoms with E-state index in [4.69, 9.17) is 0 Å². The topological polar surface area (TPSA) is 71.8 Å². The maximum Gasteiger partial charge on any atom is 0.251 e. The van der Waals surface area contributed by atoms with Crippen LogP contribution in [0.25, 0.3) is 10.9 Å². The molecule has 0 radical (unpaired) electrons. The Balaban J connectivity index is 1.63. The molecule has 2 N–H and O–H groups in total. The Labute approximate surface area is 156 Å². The first kappa shape index (κ1) is 16.8. The molecule has 4 aromatic rings. The lowest BCUT2D eigenvalue weighted by Gasteiger charge is -2.18. The molecule has 5 nitrogen and oxygen atoms in total. The molecule has 2 aromatic carbocycles.